The first kappa shape index (κ1) is 15.6. The lowest BCUT2D eigenvalue weighted by atomic mass is 10.2. The molecule has 1 aliphatic rings. The van der Waals surface area contributed by atoms with E-state index in [0.29, 0.717) is 24.2 Å². The van der Waals surface area contributed by atoms with Crippen molar-refractivity contribution in [1.29, 1.82) is 0 Å². The molecule has 1 saturated heterocycles. The molecule has 6 nitrogen and oxygen atoms in total. The molecule has 0 N–H and O–H groups in total. The first-order valence-corrected chi connectivity index (χ1v) is 8.56. The summed E-state index contributed by atoms with van der Waals surface area (Å²) in [6.07, 6.45) is 2.01. The highest BCUT2D eigenvalue weighted by Crippen LogP contribution is 2.27. The van der Waals surface area contributed by atoms with Crippen LogP contribution in [0.5, 0.6) is 0 Å². The van der Waals surface area contributed by atoms with Crippen molar-refractivity contribution >= 4 is 11.3 Å². The molecule has 0 bridgehead atoms. The van der Waals surface area contributed by atoms with Gasteiger partial charge in [-0.25, -0.2) is 4.98 Å². The smallest absolute Gasteiger partial charge is 0.255 e. The monoisotopic (exact) mass is 322 g/mol. The summed E-state index contributed by atoms with van der Waals surface area (Å²) in [4.78, 5) is 11.2. The molecule has 0 saturated carbocycles. The van der Waals surface area contributed by atoms with Crippen LogP contribution in [-0.4, -0.2) is 33.7 Å². The number of rotatable bonds is 6. The van der Waals surface area contributed by atoms with Crippen LogP contribution in [0.4, 0.5) is 0 Å². The fourth-order valence-electron chi connectivity index (χ4n) is 2.47. The van der Waals surface area contributed by atoms with Crippen LogP contribution in [0.1, 0.15) is 61.1 Å². The lowest BCUT2D eigenvalue weighted by Gasteiger charge is -2.12. The van der Waals surface area contributed by atoms with E-state index in [1.54, 1.807) is 11.3 Å². The Morgan fingerprint density at radius 1 is 1.36 bits per heavy atom. The Balaban J connectivity index is 1.55. The zero-order valence-corrected chi connectivity index (χ0v) is 14.1. The van der Waals surface area contributed by atoms with Crippen LogP contribution in [-0.2, 0) is 17.8 Å². The molecule has 3 heterocycles. The molecule has 0 aromatic carbocycles. The van der Waals surface area contributed by atoms with Crippen LogP contribution in [0.15, 0.2) is 9.90 Å². The van der Waals surface area contributed by atoms with E-state index in [-0.39, 0.29) is 6.10 Å². The quantitative estimate of drug-likeness (QED) is 0.814. The Labute approximate surface area is 134 Å². The molecule has 0 radical (unpaired) electrons. The Hall–Kier alpha value is -1.31. The highest BCUT2D eigenvalue weighted by Gasteiger charge is 2.24. The van der Waals surface area contributed by atoms with Crippen molar-refractivity contribution in [3.8, 4) is 0 Å². The Kier molecular flexibility index (Phi) is 4.85. The maximum Gasteiger partial charge on any atom is 0.255 e. The summed E-state index contributed by atoms with van der Waals surface area (Å²) < 4.78 is 10.9. The standard InChI is InChI=1S/C15H22N4O2S/c1-10(2)15-16-11(9-22-15)7-19(3)8-13-17-14(21-18-13)12-5-4-6-20-12/h9-10,12H,4-8H2,1-3H3/t12-/m0/s1. The van der Waals surface area contributed by atoms with E-state index in [0.717, 1.165) is 31.7 Å². The van der Waals surface area contributed by atoms with Crippen LogP contribution in [0, 0.1) is 0 Å². The van der Waals surface area contributed by atoms with Gasteiger partial charge in [-0.05, 0) is 19.9 Å². The van der Waals surface area contributed by atoms with E-state index in [4.69, 9.17) is 9.26 Å². The molecule has 120 valence electrons. The number of thiazole rings is 1. The molecule has 2 aromatic heterocycles. The van der Waals surface area contributed by atoms with Crippen molar-refractivity contribution in [1.82, 2.24) is 20.0 Å². The molecule has 7 heteroatoms. The van der Waals surface area contributed by atoms with Crippen LogP contribution >= 0.6 is 11.3 Å². The highest BCUT2D eigenvalue weighted by atomic mass is 32.1. The van der Waals surface area contributed by atoms with E-state index < -0.39 is 0 Å². The zero-order chi connectivity index (χ0) is 15.5. The predicted octanol–water partition coefficient (Wildman–Crippen LogP) is 3.13. The molecule has 2 aromatic rings. The third kappa shape index (κ3) is 3.71. The SMILES string of the molecule is CC(C)c1nc(CN(C)Cc2noc([C@@H]3CCCO3)n2)cs1. The molecular weight excluding hydrogens is 300 g/mol. The minimum atomic E-state index is -0.0151. The van der Waals surface area contributed by atoms with Crippen LogP contribution in [0.2, 0.25) is 0 Å². The van der Waals surface area contributed by atoms with Gasteiger partial charge in [-0.15, -0.1) is 11.3 Å². The third-order valence-electron chi connectivity index (χ3n) is 3.60. The Morgan fingerprint density at radius 2 is 2.23 bits per heavy atom. The minimum absolute atomic E-state index is 0.0151. The van der Waals surface area contributed by atoms with Crippen LogP contribution < -0.4 is 0 Å². The molecule has 1 atom stereocenters. The first-order valence-electron chi connectivity index (χ1n) is 7.68. The topological polar surface area (TPSA) is 64.3 Å². The Morgan fingerprint density at radius 3 is 2.91 bits per heavy atom. The molecule has 1 aliphatic heterocycles. The first-order chi connectivity index (χ1) is 10.6. The third-order valence-corrected chi connectivity index (χ3v) is 4.79. The van der Waals surface area contributed by atoms with E-state index in [2.05, 4.69) is 39.3 Å². The second-order valence-electron chi connectivity index (χ2n) is 6.05. The van der Waals surface area contributed by atoms with Crippen molar-refractivity contribution < 1.29 is 9.26 Å². The normalized spacial score (nSPS) is 18.7. The molecule has 22 heavy (non-hydrogen) atoms. The van der Waals surface area contributed by atoms with E-state index in [1.807, 2.05) is 7.05 Å². The number of hydrogen-bond donors (Lipinski definition) is 0. The predicted molar refractivity (Wildman–Crippen MR) is 83.6 cm³/mol. The van der Waals surface area contributed by atoms with Gasteiger partial charge in [-0.3, -0.25) is 4.90 Å². The van der Waals surface area contributed by atoms with Gasteiger partial charge in [-0.2, -0.15) is 4.98 Å². The van der Waals surface area contributed by atoms with Crippen molar-refractivity contribution in [3.05, 3.63) is 27.8 Å². The van der Waals surface area contributed by atoms with Crippen molar-refractivity contribution in [2.75, 3.05) is 13.7 Å². The van der Waals surface area contributed by atoms with E-state index in [9.17, 15) is 0 Å². The van der Waals surface area contributed by atoms with Gasteiger partial charge in [0, 0.05) is 24.4 Å². The molecule has 0 amide bonds. The summed E-state index contributed by atoms with van der Waals surface area (Å²) in [6.45, 7) is 6.54. The fraction of sp³-hybridized carbons (Fsp3) is 0.667. The lowest BCUT2D eigenvalue weighted by molar-refractivity contribution is 0.0835. The largest absolute Gasteiger partial charge is 0.368 e. The van der Waals surface area contributed by atoms with Gasteiger partial charge in [0.15, 0.2) is 5.82 Å². The molecular formula is C15H22N4O2S. The number of hydrogen-bond acceptors (Lipinski definition) is 7. The molecule has 0 unspecified atom stereocenters. The second kappa shape index (κ2) is 6.85. The molecule has 1 fully saturated rings. The van der Waals surface area contributed by atoms with Gasteiger partial charge in [0.1, 0.15) is 6.10 Å². The lowest BCUT2D eigenvalue weighted by Crippen LogP contribution is -2.18. The molecule has 0 spiro atoms. The van der Waals surface area contributed by atoms with E-state index >= 15 is 0 Å². The average molecular weight is 322 g/mol. The summed E-state index contributed by atoms with van der Waals surface area (Å²) in [7, 11) is 2.04. The summed E-state index contributed by atoms with van der Waals surface area (Å²) in [5.41, 5.74) is 1.10. The van der Waals surface area contributed by atoms with Gasteiger partial charge in [-0.1, -0.05) is 19.0 Å². The average Bonchev–Trinajstić information content (AvgIpc) is 3.18. The number of aromatic nitrogens is 3. The van der Waals surface area contributed by atoms with Crippen molar-refractivity contribution in [3.63, 3.8) is 0 Å². The fourth-order valence-corrected chi connectivity index (χ4v) is 3.30. The van der Waals surface area contributed by atoms with Crippen molar-refractivity contribution in [2.24, 2.45) is 0 Å². The van der Waals surface area contributed by atoms with Gasteiger partial charge in [0.05, 0.1) is 17.2 Å². The van der Waals surface area contributed by atoms with Crippen molar-refractivity contribution in [2.45, 2.75) is 51.8 Å². The molecule has 0 aliphatic carbocycles. The van der Waals surface area contributed by atoms with E-state index in [1.165, 1.54) is 5.01 Å². The maximum absolute atomic E-state index is 5.56. The maximum atomic E-state index is 5.56. The zero-order valence-electron chi connectivity index (χ0n) is 13.3. The van der Waals surface area contributed by atoms with Crippen LogP contribution in [0.25, 0.3) is 0 Å². The summed E-state index contributed by atoms with van der Waals surface area (Å²) in [6, 6.07) is 0. The second-order valence-corrected chi connectivity index (χ2v) is 6.94. The van der Waals surface area contributed by atoms with Gasteiger partial charge < -0.3 is 9.26 Å². The minimum Gasteiger partial charge on any atom is -0.368 e. The number of ether oxygens (including phenoxy) is 1. The van der Waals surface area contributed by atoms with Gasteiger partial charge >= 0.3 is 0 Å². The van der Waals surface area contributed by atoms with Gasteiger partial charge in [0.25, 0.3) is 5.89 Å². The van der Waals surface area contributed by atoms with Gasteiger partial charge in [0.2, 0.25) is 0 Å². The summed E-state index contributed by atoms with van der Waals surface area (Å²) in [5.74, 6) is 1.79. The Bertz CT molecular complexity index is 604. The summed E-state index contributed by atoms with van der Waals surface area (Å²) >= 11 is 1.72. The number of nitrogens with zero attached hydrogens (tertiary/aromatic N) is 4. The highest BCUT2D eigenvalue weighted by molar-refractivity contribution is 7.09. The van der Waals surface area contributed by atoms with Crippen LogP contribution in [0.3, 0.4) is 0 Å². The summed E-state index contributed by atoms with van der Waals surface area (Å²) in [5, 5.41) is 7.36. The molecule has 3 rings (SSSR count).